The predicted molar refractivity (Wildman–Crippen MR) is 31.8 cm³/mol. The van der Waals surface area contributed by atoms with E-state index in [1.807, 2.05) is 0 Å². The fourth-order valence-electron chi connectivity index (χ4n) is 0.458. The maximum absolute atomic E-state index is 12.1. The van der Waals surface area contributed by atoms with Gasteiger partial charge in [0, 0.05) is 6.20 Å². The minimum Gasteiger partial charge on any atom is -0.245 e. The molecule has 2 nitrogen and oxygen atoms in total. The highest BCUT2D eigenvalue weighted by Gasteiger charge is 2.28. The molecule has 0 bridgehead atoms. The molecule has 5 heteroatoms. The highest BCUT2D eigenvalue weighted by molar-refractivity contribution is 6.21. The minimum atomic E-state index is -3.39. The SMILES string of the molecule is FC(F)(Cl)c1ccncn1. The first kappa shape index (κ1) is 7.34. The first-order chi connectivity index (χ1) is 4.61. The Kier molecular flexibility index (Phi) is 1.80. The van der Waals surface area contributed by atoms with Crippen molar-refractivity contribution in [3.05, 3.63) is 24.3 Å². The largest absolute Gasteiger partial charge is 0.364 e. The van der Waals surface area contributed by atoms with Crippen LogP contribution in [0.1, 0.15) is 5.69 Å². The van der Waals surface area contributed by atoms with Gasteiger partial charge in [-0.1, -0.05) is 0 Å². The molecule has 0 amide bonds. The molecule has 0 atom stereocenters. The van der Waals surface area contributed by atoms with Crippen LogP contribution >= 0.6 is 11.6 Å². The van der Waals surface area contributed by atoms with E-state index >= 15 is 0 Å². The summed E-state index contributed by atoms with van der Waals surface area (Å²) in [6.45, 7) is 0. The van der Waals surface area contributed by atoms with Gasteiger partial charge in [0.15, 0.2) is 0 Å². The van der Waals surface area contributed by atoms with Gasteiger partial charge in [-0.05, 0) is 17.7 Å². The van der Waals surface area contributed by atoms with Crippen LogP contribution in [0.15, 0.2) is 18.6 Å². The van der Waals surface area contributed by atoms with Gasteiger partial charge in [-0.25, -0.2) is 9.97 Å². The number of rotatable bonds is 1. The maximum atomic E-state index is 12.1. The molecule has 1 aromatic rings. The molecule has 1 rings (SSSR count). The molecule has 0 radical (unpaired) electrons. The Hall–Kier alpha value is -0.770. The Morgan fingerprint density at radius 1 is 1.50 bits per heavy atom. The van der Waals surface area contributed by atoms with E-state index in [1.54, 1.807) is 0 Å². The summed E-state index contributed by atoms with van der Waals surface area (Å²) in [5, 5.41) is -3.39. The van der Waals surface area contributed by atoms with Crippen molar-refractivity contribution >= 4 is 11.6 Å². The lowest BCUT2D eigenvalue weighted by molar-refractivity contribution is 0.0898. The predicted octanol–water partition coefficient (Wildman–Crippen LogP) is 1.76. The summed E-state index contributed by atoms with van der Waals surface area (Å²) in [5.74, 6) is 0. The molecule has 0 aliphatic carbocycles. The van der Waals surface area contributed by atoms with Crippen LogP contribution in [0.2, 0.25) is 0 Å². The molecule has 0 aliphatic rings. The van der Waals surface area contributed by atoms with Gasteiger partial charge < -0.3 is 0 Å². The van der Waals surface area contributed by atoms with Crippen LogP contribution in [-0.4, -0.2) is 9.97 Å². The lowest BCUT2D eigenvalue weighted by atomic mass is 10.4. The number of hydrogen-bond donors (Lipinski definition) is 0. The highest BCUT2D eigenvalue weighted by atomic mass is 35.5. The van der Waals surface area contributed by atoms with Crippen molar-refractivity contribution in [3.8, 4) is 0 Å². The second-order valence-electron chi connectivity index (χ2n) is 1.59. The van der Waals surface area contributed by atoms with Crippen molar-refractivity contribution in [2.75, 3.05) is 0 Å². The van der Waals surface area contributed by atoms with Crippen molar-refractivity contribution in [2.24, 2.45) is 0 Å². The van der Waals surface area contributed by atoms with Crippen LogP contribution in [0.25, 0.3) is 0 Å². The monoisotopic (exact) mass is 164 g/mol. The zero-order valence-corrected chi connectivity index (χ0v) is 5.52. The highest BCUT2D eigenvalue weighted by Crippen LogP contribution is 2.29. The Balaban J connectivity index is 2.97. The lowest BCUT2D eigenvalue weighted by Crippen LogP contribution is -2.05. The first-order valence-electron chi connectivity index (χ1n) is 2.44. The fourth-order valence-corrected chi connectivity index (χ4v) is 0.570. The maximum Gasteiger partial charge on any atom is 0.364 e. The van der Waals surface area contributed by atoms with E-state index in [0.29, 0.717) is 0 Å². The third-order valence-corrected chi connectivity index (χ3v) is 1.07. The third-order valence-electron chi connectivity index (χ3n) is 0.872. The molecular formula is C5H3ClF2N2. The fraction of sp³-hybridized carbons (Fsp3) is 0.200. The average Bonchev–Trinajstić information content (AvgIpc) is 1.88. The summed E-state index contributed by atoms with van der Waals surface area (Å²) < 4.78 is 24.3. The van der Waals surface area contributed by atoms with Crippen LogP contribution in [0.3, 0.4) is 0 Å². The zero-order chi connectivity index (χ0) is 7.61. The summed E-state index contributed by atoms with van der Waals surface area (Å²) >= 11 is 4.63. The van der Waals surface area contributed by atoms with Gasteiger partial charge in [0.2, 0.25) is 0 Å². The van der Waals surface area contributed by atoms with Gasteiger partial charge in [0.1, 0.15) is 12.0 Å². The molecule has 0 saturated carbocycles. The quantitative estimate of drug-likeness (QED) is 0.591. The smallest absolute Gasteiger partial charge is 0.245 e. The topological polar surface area (TPSA) is 25.8 Å². The van der Waals surface area contributed by atoms with Crippen molar-refractivity contribution in [3.63, 3.8) is 0 Å². The summed E-state index contributed by atoms with van der Waals surface area (Å²) in [6.07, 6.45) is 2.23. The molecule has 0 N–H and O–H groups in total. The molecule has 0 unspecified atom stereocenters. The van der Waals surface area contributed by atoms with E-state index in [1.165, 1.54) is 6.20 Å². The second kappa shape index (κ2) is 2.46. The first-order valence-corrected chi connectivity index (χ1v) is 2.82. The van der Waals surface area contributed by atoms with Crippen LogP contribution in [-0.2, 0) is 5.38 Å². The summed E-state index contributed by atoms with van der Waals surface area (Å²) in [4.78, 5) is 6.71. The second-order valence-corrected chi connectivity index (χ2v) is 2.07. The molecule has 1 heterocycles. The lowest BCUT2D eigenvalue weighted by Gasteiger charge is -2.03. The van der Waals surface area contributed by atoms with Crippen LogP contribution in [0.5, 0.6) is 0 Å². The normalized spacial score (nSPS) is 11.5. The zero-order valence-electron chi connectivity index (χ0n) is 4.76. The van der Waals surface area contributed by atoms with Gasteiger partial charge >= 0.3 is 5.38 Å². The third kappa shape index (κ3) is 1.60. The van der Waals surface area contributed by atoms with E-state index < -0.39 is 11.1 Å². The molecule has 0 spiro atoms. The van der Waals surface area contributed by atoms with E-state index in [2.05, 4.69) is 21.6 Å². The molecule has 1 aromatic heterocycles. The number of alkyl halides is 3. The van der Waals surface area contributed by atoms with Crippen molar-refractivity contribution < 1.29 is 8.78 Å². The van der Waals surface area contributed by atoms with Crippen molar-refractivity contribution in [2.45, 2.75) is 5.38 Å². The average molecular weight is 165 g/mol. The Morgan fingerprint density at radius 2 is 2.20 bits per heavy atom. The van der Waals surface area contributed by atoms with E-state index in [9.17, 15) is 8.78 Å². The van der Waals surface area contributed by atoms with Gasteiger partial charge in [0.05, 0.1) is 0 Å². The summed E-state index contributed by atoms with van der Waals surface area (Å²) in [7, 11) is 0. The molecule has 0 aliphatic heterocycles. The van der Waals surface area contributed by atoms with Crippen LogP contribution < -0.4 is 0 Å². The number of halogens is 3. The summed E-state index contributed by atoms with van der Waals surface area (Å²) in [5.41, 5.74) is -0.482. The molecular weight excluding hydrogens is 162 g/mol. The number of nitrogens with zero attached hydrogens (tertiary/aromatic N) is 2. The summed E-state index contributed by atoms with van der Waals surface area (Å²) in [6, 6.07) is 1.06. The molecule has 0 saturated heterocycles. The van der Waals surface area contributed by atoms with Crippen LogP contribution in [0, 0.1) is 0 Å². The number of hydrogen-bond acceptors (Lipinski definition) is 2. The number of aromatic nitrogens is 2. The van der Waals surface area contributed by atoms with E-state index in [4.69, 9.17) is 0 Å². The standard InChI is InChI=1S/C5H3ClF2N2/c6-5(7,8)4-1-2-9-3-10-4/h1-3H. The Morgan fingerprint density at radius 3 is 2.50 bits per heavy atom. The van der Waals surface area contributed by atoms with Gasteiger partial charge in [0.25, 0.3) is 0 Å². The Bertz CT molecular complexity index is 209. The van der Waals surface area contributed by atoms with Gasteiger partial charge in [-0.3, -0.25) is 0 Å². The molecule has 0 aromatic carbocycles. The molecule has 0 fully saturated rings. The van der Waals surface area contributed by atoms with Crippen LogP contribution in [0.4, 0.5) is 8.78 Å². The van der Waals surface area contributed by atoms with Gasteiger partial charge in [-0.15, -0.1) is 0 Å². The molecule has 10 heavy (non-hydrogen) atoms. The van der Waals surface area contributed by atoms with E-state index in [0.717, 1.165) is 12.4 Å². The van der Waals surface area contributed by atoms with Crippen molar-refractivity contribution in [1.29, 1.82) is 0 Å². The molecule has 54 valence electrons. The minimum absolute atomic E-state index is 0.482. The van der Waals surface area contributed by atoms with Crippen molar-refractivity contribution in [1.82, 2.24) is 9.97 Å². The van der Waals surface area contributed by atoms with E-state index in [-0.39, 0.29) is 0 Å². The Labute approximate surface area is 60.9 Å². The van der Waals surface area contributed by atoms with Gasteiger partial charge in [-0.2, -0.15) is 8.78 Å².